The van der Waals surface area contributed by atoms with E-state index in [-0.39, 0.29) is 18.7 Å². The van der Waals surface area contributed by atoms with Gasteiger partial charge in [-0.3, -0.25) is 19.3 Å². The van der Waals surface area contributed by atoms with E-state index in [1.807, 2.05) is 0 Å². The zero-order chi connectivity index (χ0) is 25.9. The number of benzene rings is 3. The Bertz CT molecular complexity index is 1170. The molecule has 9 heteroatoms. The lowest BCUT2D eigenvalue weighted by atomic mass is 9.91. The second kappa shape index (κ2) is 12.7. The topological polar surface area (TPSA) is 133 Å². The molecular weight excluding hydrogens is 464 g/mol. The molecule has 0 saturated heterocycles. The highest BCUT2D eigenvalue weighted by atomic mass is 16.5. The molecule has 0 radical (unpaired) electrons. The molecule has 0 saturated carbocycles. The molecule has 3 aromatic carbocycles. The average molecular weight is 491 g/mol. The first kappa shape index (κ1) is 26.0. The van der Waals surface area contributed by atoms with Crippen molar-refractivity contribution in [2.75, 3.05) is 11.4 Å². The summed E-state index contributed by atoms with van der Waals surface area (Å²) in [7, 11) is 0. The lowest BCUT2D eigenvalue weighted by molar-refractivity contribution is -0.145. The molecular formula is C27H26N2O7. The number of aliphatic carboxylic acids is 2. The molecule has 0 bridgehead atoms. The highest BCUT2D eigenvalue weighted by Crippen LogP contribution is 2.20. The Morgan fingerprint density at radius 2 is 1.31 bits per heavy atom. The smallest absolute Gasteiger partial charge is 0.408 e. The van der Waals surface area contributed by atoms with Crippen LogP contribution in [-0.2, 0) is 32.1 Å². The van der Waals surface area contributed by atoms with Crippen molar-refractivity contribution in [2.24, 2.45) is 5.92 Å². The van der Waals surface area contributed by atoms with Gasteiger partial charge < -0.3 is 20.3 Å². The largest absolute Gasteiger partial charge is 0.481 e. The maximum atomic E-state index is 13.7. The average Bonchev–Trinajstić information content (AvgIpc) is 2.89. The van der Waals surface area contributed by atoms with Crippen molar-refractivity contribution in [1.29, 1.82) is 0 Å². The second-order valence-corrected chi connectivity index (χ2v) is 7.97. The summed E-state index contributed by atoms with van der Waals surface area (Å²) in [5.41, 5.74) is 1.58. The van der Waals surface area contributed by atoms with E-state index in [0.717, 1.165) is 4.90 Å². The minimum absolute atomic E-state index is 0.0821. The summed E-state index contributed by atoms with van der Waals surface area (Å²) >= 11 is 0. The number of rotatable bonds is 11. The van der Waals surface area contributed by atoms with E-state index < -0.39 is 42.4 Å². The Labute approximate surface area is 207 Å². The predicted molar refractivity (Wildman–Crippen MR) is 131 cm³/mol. The maximum absolute atomic E-state index is 13.7. The SMILES string of the molecule is O=C(O)CN(C(=O)[C@@H](NC(=O)OCc1ccccc1)C(Cc1ccccc1)C(=O)O)c1ccccc1. The Balaban J connectivity index is 1.91. The molecule has 3 rings (SSSR count). The summed E-state index contributed by atoms with van der Waals surface area (Å²) in [4.78, 5) is 51.1. The van der Waals surface area contributed by atoms with Gasteiger partial charge in [-0.2, -0.15) is 0 Å². The minimum atomic E-state index is -1.61. The number of carbonyl (C=O) groups excluding carboxylic acids is 2. The maximum Gasteiger partial charge on any atom is 0.408 e. The Morgan fingerprint density at radius 1 is 0.778 bits per heavy atom. The number of ether oxygens (including phenoxy) is 1. The zero-order valence-corrected chi connectivity index (χ0v) is 19.3. The Morgan fingerprint density at radius 3 is 1.83 bits per heavy atom. The number of nitrogens with zero attached hydrogens (tertiary/aromatic N) is 1. The van der Waals surface area contributed by atoms with Gasteiger partial charge in [0.05, 0.1) is 5.92 Å². The molecule has 2 atom stereocenters. The van der Waals surface area contributed by atoms with Crippen LogP contribution in [0.3, 0.4) is 0 Å². The number of anilines is 1. The van der Waals surface area contributed by atoms with Crippen molar-refractivity contribution >= 4 is 29.6 Å². The van der Waals surface area contributed by atoms with Crippen LogP contribution in [0.15, 0.2) is 91.0 Å². The van der Waals surface area contributed by atoms with Crippen molar-refractivity contribution in [2.45, 2.75) is 19.1 Å². The minimum Gasteiger partial charge on any atom is -0.481 e. The number of hydrogen-bond donors (Lipinski definition) is 3. The van der Waals surface area contributed by atoms with Crippen LogP contribution in [0.2, 0.25) is 0 Å². The van der Waals surface area contributed by atoms with Crippen molar-refractivity contribution in [1.82, 2.24) is 5.32 Å². The van der Waals surface area contributed by atoms with Crippen molar-refractivity contribution in [3.8, 4) is 0 Å². The summed E-state index contributed by atoms with van der Waals surface area (Å²) < 4.78 is 5.23. The number of hydrogen-bond acceptors (Lipinski definition) is 5. The van der Waals surface area contributed by atoms with Crippen LogP contribution >= 0.6 is 0 Å². The third-order valence-corrected chi connectivity index (χ3v) is 5.40. The standard InChI is InChI=1S/C27H26N2O7/c30-23(31)17-29(21-14-8-3-9-15-21)25(32)24(22(26(33)34)16-19-10-4-1-5-11-19)28-27(35)36-18-20-12-6-2-7-13-20/h1-15,22,24H,16-18H2,(H,28,35)(H,30,31)(H,33,34)/t22?,24-/m0/s1. The summed E-state index contributed by atoms with van der Waals surface area (Å²) in [6, 6.07) is 23.9. The number of carboxylic acids is 2. The van der Waals surface area contributed by atoms with Gasteiger partial charge in [-0.15, -0.1) is 0 Å². The molecule has 2 amide bonds. The van der Waals surface area contributed by atoms with E-state index in [0.29, 0.717) is 11.1 Å². The third kappa shape index (κ3) is 7.42. The van der Waals surface area contributed by atoms with Gasteiger partial charge in [0, 0.05) is 5.69 Å². The highest BCUT2D eigenvalue weighted by molar-refractivity contribution is 6.03. The molecule has 0 aliphatic carbocycles. The van der Waals surface area contributed by atoms with Crippen molar-refractivity contribution < 1.29 is 34.1 Å². The molecule has 3 N–H and O–H groups in total. The molecule has 0 aliphatic rings. The summed E-state index contributed by atoms with van der Waals surface area (Å²) in [6.07, 6.45) is -1.08. The van der Waals surface area contributed by atoms with Crippen molar-refractivity contribution in [3.63, 3.8) is 0 Å². The molecule has 0 heterocycles. The van der Waals surface area contributed by atoms with Crippen LogP contribution in [0, 0.1) is 5.92 Å². The number of carboxylic acid groups (broad SMARTS) is 2. The number of carbonyl (C=O) groups is 4. The molecule has 9 nitrogen and oxygen atoms in total. The fourth-order valence-corrected chi connectivity index (χ4v) is 3.65. The van der Waals surface area contributed by atoms with Crippen LogP contribution in [0.1, 0.15) is 11.1 Å². The lowest BCUT2D eigenvalue weighted by Gasteiger charge is -2.30. The predicted octanol–water partition coefficient (Wildman–Crippen LogP) is 3.34. The first-order valence-corrected chi connectivity index (χ1v) is 11.2. The Kier molecular flexibility index (Phi) is 9.16. The fourth-order valence-electron chi connectivity index (χ4n) is 3.65. The van der Waals surface area contributed by atoms with Crippen molar-refractivity contribution in [3.05, 3.63) is 102 Å². The summed E-state index contributed by atoms with van der Waals surface area (Å²) in [5.74, 6) is -4.91. The van der Waals surface area contributed by atoms with Gasteiger partial charge in [-0.1, -0.05) is 78.9 Å². The van der Waals surface area contributed by atoms with Crippen LogP contribution < -0.4 is 10.2 Å². The summed E-state index contributed by atoms with van der Waals surface area (Å²) in [6.45, 7) is -0.820. The molecule has 0 fully saturated rings. The van der Waals surface area contributed by atoms with E-state index >= 15 is 0 Å². The normalized spacial score (nSPS) is 12.1. The molecule has 1 unspecified atom stereocenters. The van der Waals surface area contributed by atoms with E-state index in [2.05, 4.69) is 5.32 Å². The molecule has 36 heavy (non-hydrogen) atoms. The van der Waals surface area contributed by atoms with Crippen LogP contribution in [-0.4, -0.2) is 46.7 Å². The molecule has 3 aromatic rings. The first-order valence-electron chi connectivity index (χ1n) is 11.2. The fraction of sp³-hybridized carbons (Fsp3) is 0.185. The Hall–Kier alpha value is -4.66. The zero-order valence-electron chi connectivity index (χ0n) is 19.3. The van der Waals surface area contributed by atoms with Crippen LogP contribution in [0.25, 0.3) is 0 Å². The quantitative estimate of drug-likeness (QED) is 0.375. The van der Waals surface area contributed by atoms with Gasteiger partial charge in [0.25, 0.3) is 5.91 Å². The highest BCUT2D eigenvalue weighted by Gasteiger charge is 2.39. The number of amides is 2. The monoisotopic (exact) mass is 490 g/mol. The summed E-state index contributed by atoms with van der Waals surface area (Å²) in [5, 5.41) is 21.8. The van der Waals surface area contributed by atoms with Crippen LogP contribution in [0.5, 0.6) is 0 Å². The van der Waals surface area contributed by atoms with E-state index in [1.165, 1.54) is 12.1 Å². The van der Waals surface area contributed by atoms with E-state index in [4.69, 9.17) is 4.74 Å². The van der Waals surface area contributed by atoms with E-state index in [9.17, 15) is 29.4 Å². The number of alkyl carbamates (subject to hydrolysis) is 1. The van der Waals surface area contributed by atoms with Gasteiger partial charge in [0.2, 0.25) is 0 Å². The van der Waals surface area contributed by atoms with Gasteiger partial charge in [0.1, 0.15) is 19.2 Å². The van der Waals surface area contributed by atoms with E-state index in [1.54, 1.807) is 78.9 Å². The molecule has 0 aliphatic heterocycles. The molecule has 0 aromatic heterocycles. The molecule has 0 spiro atoms. The lowest BCUT2D eigenvalue weighted by Crippen LogP contribution is -2.55. The van der Waals surface area contributed by atoms with Gasteiger partial charge in [-0.05, 0) is 29.7 Å². The van der Waals surface area contributed by atoms with Gasteiger partial charge in [0.15, 0.2) is 0 Å². The number of para-hydroxylation sites is 1. The van der Waals surface area contributed by atoms with Crippen LogP contribution in [0.4, 0.5) is 10.5 Å². The van der Waals surface area contributed by atoms with Gasteiger partial charge in [-0.25, -0.2) is 4.79 Å². The molecule has 186 valence electrons. The second-order valence-electron chi connectivity index (χ2n) is 7.97. The first-order chi connectivity index (χ1) is 17.3. The third-order valence-electron chi connectivity index (χ3n) is 5.40. The number of nitrogens with one attached hydrogen (secondary N) is 1. The van der Waals surface area contributed by atoms with Gasteiger partial charge >= 0.3 is 18.0 Å².